The summed E-state index contributed by atoms with van der Waals surface area (Å²) in [6, 6.07) is 1.45. The number of hydrogen-bond acceptors (Lipinski definition) is 5. The third-order valence-electron chi connectivity index (χ3n) is 1.87. The van der Waals surface area contributed by atoms with Crippen molar-refractivity contribution in [2.24, 2.45) is 0 Å². The van der Waals surface area contributed by atoms with E-state index in [1.807, 2.05) is 0 Å². The molecule has 6 nitrogen and oxygen atoms in total. The Morgan fingerprint density at radius 2 is 2.27 bits per heavy atom. The van der Waals surface area contributed by atoms with Crippen LogP contribution in [0.3, 0.4) is 0 Å². The van der Waals surface area contributed by atoms with Crippen LogP contribution in [0.5, 0.6) is 0 Å². The number of nitro groups is 1. The van der Waals surface area contributed by atoms with Crippen molar-refractivity contribution in [1.29, 1.82) is 0 Å². The molecule has 15 heavy (non-hydrogen) atoms. The fourth-order valence-electron chi connectivity index (χ4n) is 1.19. The maximum absolute atomic E-state index is 10.6. The molecule has 1 rings (SSSR count). The lowest BCUT2D eigenvalue weighted by Crippen LogP contribution is -2.01. The molecule has 0 radical (unpaired) electrons. The normalized spacial score (nSPS) is 12.4. The van der Waals surface area contributed by atoms with Gasteiger partial charge in [-0.2, -0.15) is 0 Å². The predicted octanol–water partition coefficient (Wildman–Crippen LogP) is 0.931. The minimum Gasteiger partial charge on any atom is -0.772 e. The molecule has 1 aromatic heterocycles. The molecule has 1 aromatic rings. The average molecular weight is 229 g/mol. The second-order valence-electron chi connectivity index (χ2n) is 2.86. The fourth-order valence-corrected chi connectivity index (χ4v) is 1.59. The van der Waals surface area contributed by atoms with E-state index < -0.39 is 16.0 Å². The second-order valence-corrected chi connectivity index (χ2v) is 3.76. The Morgan fingerprint density at radius 3 is 2.73 bits per heavy atom. The van der Waals surface area contributed by atoms with Gasteiger partial charge in [-0.3, -0.25) is 19.3 Å². The Hall–Kier alpha value is -1.34. The van der Waals surface area contributed by atoms with Crippen LogP contribution < -0.4 is 0 Å². The number of rotatable bonds is 4. The molecular formula is C8H9N2O4S-. The molecule has 0 aliphatic rings. The van der Waals surface area contributed by atoms with Gasteiger partial charge in [0.15, 0.2) is 0 Å². The zero-order valence-electron chi connectivity index (χ0n) is 8.00. The first kappa shape index (κ1) is 11.7. The zero-order valence-corrected chi connectivity index (χ0v) is 8.82. The molecule has 0 aliphatic heterocycles. The van der Waals surface area contributed by atoms with Crippen LogP contribution in [0.2, 0.25) is 0 Å². The Labute approximate surface area is 88.8 Å². The molecule has 0 fully saturated rings. The van der Waals surface area contributed by atoms with E-state index >= 15 is 0 Å². The summed E-state index contributed by atoms with van der Waals surface area (Å²) in [7, 11) is 0. The van der Waals surface area contributed by atoms with Crippen LogP contribution in [0.1, 0.15) is 18.2 Å². The van der Waals surface area contributed by atoms with E-state index in [0.29, 0.717) is 17.7 Å². The molecule has 7 heteroatoms. The van der Waals surface area contributed by atoms with Gasteiger partial charge in [-0.15, -0.1) is 0 Å². The van der Waals surface area contributed by atoms with Gasteiger partial charge in [0.2, 0.25) is 0 Å². The number of nitrogens with zero attached hydrogens (tertiary/aromatic N) is 2. The van der Waals surface area contributed by atoms with Crippen molar-refractivity contribution >= 4 is 16.8 Å². The Morgan fingerprint density at radius 1 is 1.60 bits per heavy atom. The highest BCUT2D eigenvalue weighted by Crippen LogP contribution is 2.18. The summed E-state index contributed by atoms with van der Waals surface area (Å²) in [6.07, 6.45) is 1.57. The van der Waals surface area contributed by atoms with Gasteiger partial charge in [0.05, 0.1) is 16.4 Å². The summed E-state index contributed by atoms with van der Waals surface area (Å²) >= 11 is -2.23. The lowest BCUT2D eigenvalue weighted by atomic mass is 10.1. The summed E-state index contributed by atoms with van der Waals surface area (Å²) in [5.74, 6) is -0.217. The number of aromatic nitrogens is 1. The molecule has 1 heterocycles. The fraction of sp³-hybridized carbons (Fsp3) is 0.375. The molecule has 1 unspecified atom stereocenters. The lowest BCUT2D eigenvalue weighted by Gasteiger charge is -2.05. The highest BCUT2D eigenvalue weighted by molar-refractivity contribution is 7.78. The van der Waals surface area contributed by atoms with Crippen molar-refractivity contribution in [2.75, 3.05) is 0 Å². The quantitative estimate of drug-likeness (QED) is 0.434. The molecule has 1 atom stereocenters. The van der Waals surface area contributed by atoms with E-state index in [9.17, 15) is 18.9 Å². The predicted molar refractivity (Wildman–Crippen MR) is 52.9 cm³/mol. The van der Waals surface area contributed by atoms with Crippen LogP contribution in [0, 0.1) is 10.1 Å². The average Bonchev–Trinajstić information content (AvgIpc) is 2.16. The van der Waals surface area contributed by atoms with E-state index in [4.69, 9.17) is 0 Å². The van der Waals surface area contributed by atoms with E-state index in [1.165, 1.54) is 6.07 Å². The van der Waals surface area contributed by atoms with Crippen LogP contribution in [0.25, 0.3) is 0 Å². The van der Waals surface area contributed by atoms with Gasteiger partial charge in [0, 0.05) is 5.56 Å². The maximum Gasteiger partial charge on any atom is 0.290 e. The van der Waals surface area contributed by atoms with E-state index in [2.05, 4.69) is 4.98 Å². The van der Waals surface area contributed by atoms with E-state index in [0.717, 1.165) is 6.20 Å². The molecular weight excluding hydrogens is 220 g/mol. The second kappa shape index (κ2) is 4.94. The summed E-state index contributed by atoms with van der Waals surface area (Å²) in [5, 5.41) is 10.6. The van der Waals surface area contributed by atoms with Gasteiger partial charge in [-0.1, -0.05) is 6.92 Å². The molecule has 0 saturated heterocycles. The third kappa shape index (κ3) is 3.07. The maximum atomic E-state index is 10.6. The molecule has 0 amide bonds. The third-order valence-corrected chi connectivity index (χ3v) is 2.40. The summed E-state index contributed by atoms with van der Waals surface area (Å²) in [5.41, 5.74) is 0.749. The first-order valence-corrected chi connectivity index (χ1v) is 5.47. The van der Waals surface area contributed by atoms with Crippen molar-refractivity contribution in [3.63, 3.8) is 0 Å². The lowest BCUT2D eigenvalue weighted by molar-refractivity contribution is -0.385. The van der Waals surface area contributed by atoms with Gasteiger partial charge in [0.1, 0.15) is 6.20 Å². The van der Waals surface area contributed by atoms with Crippen LogP contribution >= 0.6 is 0 Å². The van der Waals surface area contributed by atoms with Crippen LogP contribution in [-0.4, -0.2) is 18.7 Å². The Bertz CT molecular complexity index is 408. The molecule has 0 N–H and O–H groups in total. The minimum absolute atomic E-state index is 0.0714. The standard InChI is InChI=1S/C8H10N2O4S/c1-2-6-3-7(5-15(13)14)9-4-8(6)10(11)12/h3-4H,2,5H2,1H3,(H,13,14)/p-1. The molecule has 0 spiro atoms. The van der Waals surface area contributed by atoms with Crippen LogP contribution in [-0.2, 0) is 23.3 Å². The van der Waals surface area contributed by atoms with Gasteiger partial charge in [-0.25, -0.2) is 0 Å². The van der Waals surface area contributed by atoms with E-state index in [-0.39, 0.29) is 11.4 Å². The Kier molecular flexibility index (Phi) is 3.87. The summed E-state index contributed by atoms with van der Waals surface area (Å²) in [6.45, 7) is 1.76. The largest absolute Gasteiger partial charge is 0.772 e. The summed E-state index contributed by atoms with van der Waals surface area (Å²) in [4.78, 5) is 13.7. The highest BCUT2D eigenvalue weighted by Gasteiger charge is 2.13. The first-order chi connectivity index (χ1) is 7.04. The van der Waals surface area contributed by atoms with Gasteiger partial charge in [-0.05, 0) is 23.6 Å². The number of aryl methyl sites for hydroxylation is 1. The highest BCUT2D eigenvalue weighted by atomic mass is 32.2. The monoisotopic (exact) mass is 229 g/mol. The van der Waals surface area contributed by atoms with E-state index in [1.54, 1.807) is 6.92 Å². The van der Waals surface area contributed by atoms with Crippen LogP contribution in [0.4, 0.5) is 5.69 Å². The van der Waals surface area contributed by atoms with Crippen molar-refractivity contribution in [1.82, 2.24) is 4.98 Å². The SMILES string of the molecule is CCc1cc(CS(=O)[O-])ncc1[N+](=O)[O-]. The minimum atomic E-state index is -2.23. The molecule has 0 aromatic carbocycles. The van der Waals surface area contributed by atoms with Gasteiger partial charge < -0.3 is 4.55 Å². The number of hydrogen-bond donors (Lipinski definition) is 0. The molecule has 82 valence electrons. The van der Waals surface area contributed by atoms with Crippen molar-refractivity contribution < 1.29 is 13.7 Å². The molecule has 0 bridgehead atoms. The van der Waals surface area contributed by atoms with Gasteiger partial charge in [0.25, 0.3) is 5.69 Å². The van der Waals surface area contributed by atoms with Crippen molar-refractivity contribution in [3.8, 4) is 0 Å². The van der Waals surface area contributed by atoms with Crippen molar-refractivity contribution in [3.05, 3.63) is 33.6 Å². The van der Waals surface area contributed by atoms with Crippen molar-refractivity contribution in [2.45, 2.75) is 19.1 Å². The number of pyridine rings is 1. The smallest absolute Gasteiger partial charge is 0.290 e. The zero-order chi connectivity index (χ0) is 11.4. The molecule has 0 saturated carbocycles. The van der Waals surface area contributed by atoms with Crippen LogP contribution in [0.15, 0.2) is 12.3 Å². The molecule has 0 aliphatic carbocycles. The topological polar surface area (TPSA) is 96.2 Å². The Balaban J connectivity index is 3.07. The van der Waals surface area contributed by atoms with Gasteiger partial charge >= 0.3 is 0 Å². The summed E-state index contributed by atoms with van der Waals surface area (Å²) < 4.78 is 20.8. The first-order valence-electron chi connectivity index (χ1n) is 4.22.